The quantitative estimate of drug-likeness (QED) is 0.740. The maximum atomic E-state index is 5.42. The van der Waals surface area contributed by atoms with Gasteiger partial charge in [-0.1, -0.05) is 39.7 Å². The number of ether oxygens (including phenoxy) is 1. The second kappa shape index (κ2) is 5.33. The number of halogens is 1. The van der Waals surface area contributed by atoms with Crippen LogP contribution in [0, 0.1) is 19.8 Å². The Bertz CT molecular complexity index is 356. The molecular weight excluding hydrogens is 264 g/mol. The molecule has 0 spiro atoms. The van der Waals surface area contributed by atoms with E-state index in [0.717, 1.165) is 13.2 Å². The summed E-state index contributed by atoms with van der Waals surface area (Å²) in [5.41, 5.74) is 4.18. The summed E-state index contributed by atoms with van der Waals surface area (Å²) in [6, 6.07) is 6.71. The molecule has 1 heterocycles. The van der Waals surface area contributed by atoms with Crippen LogP contribution in [-0.2, 0) is 4.74 Å². The van der Waals surface area contributed by atoms with E-state index in [4.69, 9.17) is 4.74 Å². The monoisotopic (exact) mass is 282 g/mol. The minimum Gasteiger partial charge on any atom is -0.381 e. The normalized spacial score (nSPS) is 19.7. The first kappa shape index (κ1) is 12.1. The summed E-state index contributed by atoms with van der Waals surface area (Å²) in [5, 5.41) is 0. The van der Waals surface area contributed by atoms with Crippen molar-refractivity contribution in [3.8, 4) is 0 Å². The number of aryl methyl sites for hydroxylation is 2. The van der Waals surface area contributed by atoms with Crippen molar-refractivity contribution in [1.29, 1.82) is 0 Å². The smallest absolute Gasteiger partial charge is 0.0469 e. The van der Waals surface area contributed by atoms with Crippen molar-refractivity contribution in [3.05, 3.63) is 34.9 Å². The Hall–Kier alpha value is -0.340. The highest BCUT2D eigenvalue weighted by Gasteiger charge is 2.24. The third-order valence-electron chi connectivity index (χ3n) is 3.41. The molecule has 1 atom stereocenters. The van der Waals surface area contributed by atoms with E-state index < -0.39 is 0 Å². The van der Waals surface area contributed by atoms with Gasteiger partial charge in [0, 0.05) is 18.0 Å². The number of hydrogen-bond donors (Lipinski definition) is 0. The van der Waals surface area contributed by atoms with Gasteiger partial charge in [-0.3, -0.25) is 0 Å². The minimum absolute atomic E-state index is 0.483. The Balaban J connectivity index is 2.18. The molecule has 1 aromatic rings. The van der Waals surface area contributed by atoms with Crippen molar-refractivity contribution >= 4 is 15.9 Å². The summed E-state index contributed by atoms with van der Waals surface area (Å²) < 4.78 is 5.42. The lowest BCUT2D eigenvalue weighted by Gasteiger charge is -2.28. The summed E-state index contributed by atoms with van der Waals surface area (Å²) >= 11 is 3.88. The van der Waals surface area contributed by atoms with Crippen LogP contribution in [0.15, 0.2) is 18.2 Å². The molecule has 2 rings (SSSR count). The van der Waals surface area contributed by atoms with Crippen LogP contribution in [0.3, 0.4) is 0 Å². The Kier molecular flexibility index (Phi) is 4.04. The Labute approximate surface area is 106 Å². The van der Waals surface area contributed by atoms with Crippen LogP contribution in [0.4, 0.5) is 0 Å². The third kappa shape index (κ3) is 2.67. The molecule has 0 aromatic heterocycles. The van der Waals surface area contributed by atoms with Crippen LogP contribution in [-0.4, -0.2) is 13.2 Å². The van der Waals surface area contributed by atoms with Gasteiger partial charge in [0.15, 0.2) is 0 Å². The van der Waals surface area contributed by atoms with Gasteiger partial charge >= 0.3 is 0 Å². The van der Waals surface area contributed by atoms with E-state index in [0.29, 0.717) is 10.7 Å². The van der Waals surface area contributed by atoms with Gasteiger partial charge in [-0.05, 0) is 43.7 Å². The molecule has 0 N–H and O–H groups in total. The molecule has 16 heavy (non-hydrogen) atoms. The largest absolute Gasteiger partial charge is 0.381 e. The number of benzene rings is 1. The van der Waals surface area contributed by atoms with E-state index in [1.165, 1.54) is 29.5 Å². The summed E-state index contributed by atoms with van der Waals surface area (Å²) in [6.07, 6.45) is 2.34. The van der Waals surface area contributed by atoms with Crippen molar-refractivity contribution < 1.29 is 4.74 Å². The number of hydrogen-bond acceptors (Lipinski definition) is 1. The van der Waals surface area contributed by atoms with Crippen molar-refractivity contribution in [2.24, 2.45) is 5.92 Å². The van der Waals surface area contributed by atoms with Gasteiger partial charge in [0.25, 0.3) is 0 Å². The summed E-state index contributed by atoms with van der Waals surface area (Å²) in [6.45, 7) is 6.18. The molecule has 88 valence electrons. The van der Waals surface area contributed by atoms with E-state index in [1.54, 1.807) is 0 Å². The highest BCUT2D eigenvalue weighted by Crippen LogP contribution is 2.38. The fraction of sp³-hybridized carbons (Fsp3) is 0.571. The lowest BCUT2D eigenvalue weighted by atomic mass is 9.89. The average molecular weight is 283 g/mol. The van der Waals surface area contributed by atoms with Gasteiger partial charge in [-0.15, -0.1) is 0 Å². The van der Waals surface area contributed by atoms with Gasteiger partial charge in [0.2, 0.25) is 0 Å². The van der Waals surface area contributed by atoms with Crippen molar-refractivity contribution in [3.63, 3.8) is 0 Å². The molecule has 1 aliphatic rings. The van der Waals surface area contributed by atoms with E-state index in [-0.39, 0.29) is 0 Å². The number of alkyl halides is 1. The summed E-state index contributed by atoms with van der Waals surface area (Å²) in [4.78, 5) is 0.483. The Morgan fingerprint density at radius 1 is 1.25 bits per heavy atom. The predicted octanol–water partition coefficient (Wildman–Crippen LogP) is 4.17. The van der Waals surface area contributed by atoms with E-state index in [9.17, 15) is 0 Å². The zero-order valence-corrected chi connectivity index (χ0v) is 11.6. The summed E-state index contributed by atoms with van der Waals surface area (Å²) in [5.74, 6) is 0.717. The molecule has 1 aliphatic heterocycles. The van der Waals surface area contributed by atoms with Crippen LogP contribution in [0.2, 0.25) is 0 Å². The molecule has 0 bridgehead atoms. The maximum Gasteiger partial charge on any atom is 0.0469 e. The van der Waals surface area contributed by atoms with E-state index in [1.807, 2.05) is 0 Å². The Morgan fingerprint density at radius 3 is 2.62 bits per heavy atom. The second-order valence-corrected chi connectivity index (χ2v) is 5.70. The molecule has 1 unspecified atom stereocenters. The van der Waals surface area contributed by atoms with Crippen molar-refractivity contribution in [2.75, 3.05) is 13.2 Å². The minimum atomic E-state index is 0.483. The molecule has 2 heteroatoms. The van der Waals surface area contributed by atoms with Gasteiger partial charge in [0.1, 0.15) is 0 Å². The first-order valence-corrected chi connectivity index (χ1v) is 6.89. The molecule has 0 saturated carbocycles. The van der Waals surface area contributed by atoms with Gasteiger partial charge < -0.3 is 4.74 Å². The Morgan fingerprint density at radius 2 is 1.94 bits per heavy atom. The molecule has 0 aliphatic carbocycles. The average Bonchev–Trinajstić information content (AvgIpc) is 2.32. The topological polar surface area (TPSA) is 9.23 Å². The fourth-order valence-corrected chi connectivity index (χ4v) is 3.34. The molecule has 1 fully saturated rings. The first-order chi connectivity index (χ1) is 7.68. The lowest BCUT2D eigenvalue weighted by molar-refractivity contribution is 0.0661. The van der Waals surface area contributed by atoms with Crippen LogP contribution in [0.25, 0.3) is 0 Å². The second-order valence-electron chi connectivity index (χ2n) is 4.71. The summed E-state index contributed by atoms with van der Waals surface area (Å²) in [7, 11) is 0. The van der Waals surface area contributed by atoms with Crippen molar-refractivity contribution in [2.45, 2.75) is 31.5 Å². The number of rotatable bonds is 2. The highest BCUT2D eigenvalue weighted by molar-refractivity contribution is 9.09. The van der Waals surface area contributed by atoms with Crippen LogP contribution in [0.1, 0.15) is 34.4 Å². The predicted molar refractivity (Wildman–Crippen MR) is 71.1 cm³/mol. The zero-order chi connectivity index (χ0) is 11.5. The molecule has 1 saturated heterocycles. The first-order valence-electron chi connectivity index (χ1n) is 5.97. The third-order valence-corrected chi connectivity index (χ3v) is 4.65. The molecule has 0 amide bonds. The lowest BCUT2D eigenvalue weighted by Crippen LogP contribution is -2.19. The molecule has 0 radical (unpaired) electrons. The van der Waals surface area contributed by atoms with Crippen LogP contribution < -0.4 is 0 Å². The van der Waals surface area contributed by atoms with Crippen LogP contribution in [0.5, 0.6) is 0 Å². The standard InChI is InChI=1S/C14H19BrO/c1-10-3-4-11(2)13(9-10)14(15)12-5-7-16-8-6-12/h3-4,9,12,14H,5-8H2,1-2H3. The van der Waals surface area contributed by atoms with E-state index >= 15 is 0 Å². The maximum absolute atomic E-state index is 5.42. The SMILES string of the molecule is Cc1ccc(C)c(C(Br)C2CCOCC2)c1. The molecular formula is C14H19BrO. The fourth-order valence-electron chi connectivity index (χ4n) is 2.32. The molecule has 1 aromatic carbocycles. The van der Waals surface area contributed by atoms with E-state index in [2.05, 4.69) is 48.0 Å². The van der Waals surface area contributed by atoms with Crippen LogP contribution >= 0.6 is 15.9 Å². The van der Waals surface area contributed by atoms with Gasteiger partial charge in [0.05, 0.1) is 0 Å². The van der Waals surface area contributed by atoms with Gasteiger partial charge in [-0.2, -0.15) is 0 Å². The van der Waals surface area contributed by atoms with Crippen molar-refractivity contribution in [1.82, 2.24) is 0 Å². The highest BCUT2D eigenvalue weighted by atomic mass is 79.9. The zero-order valence-electron chi connectivity index (χ0n) is 10.0. The molecule has 1 nitrogen and oxygen atoms in total. The van der Waals surface area contributed by atoms with Gasteiger partial charge in [-0.25, -0.2) is 0 Å².